The van der Waals surface area contributed by atoms with E-state index >= 15 is 0 Å². The molecule has 0 aliphatic heterocycles. The van der Waals surface area contributed by atoms with Gasteiger partial charge in [-0.05, 0) is 107 Å². The van der Waals surface area contributed by atoms with Crippen molar-refractivity contribution in [2.24, 2.45) is 5.92 Å². The smallest absolute Gasteiger partial charge is 0.0851 e. The summed E-state index contributed by atoms with van der Waals surface area (Å²) in [5, 5.41) is 10.1. The molecule has 0 radical (unpaired) electrons. The molecule has 0 saturated heterocycles. The van der Waals surface area contributed by atoms with Gasteiger partial charge in [0.2, 0.25) is 0 Å². The Bertz CT molecular complexity index is 796. The first kappa shape index (κ1) is 20.6. The topological polar surface area (TPSA) is 27.0 Å². The number of nitriles is 1. The fourth-order valence-electron chi connectivity index (χ4n) is 3.85. The van der Waals surface area contributed by atoms with Crippen LogP contribution in [-0.2, 0) is 11.8 Å². The van der Waals surface area contributed by atoms with E-state index in [1.807, 2.05) is 0 Å². The van der Waals surface area contributed by atoms with Crippen molar-refractivity contribution in [3.8, 4) is 6.07 Å². The first-order valence-corrected chi connectivity index (χ1v) is 11.2. The summed E-state index contributed by atoms with van der Waals surface area (Å²) >= 11 is 7.15. The predicted molar refractivity (Wildman–Crippen MR) is 119 cm³/mol. The van der Waals surface area contributed by atoms with E-state index in [0.29, 0.717) is 5.92 Å². The molecule has 1 aliphatic rings. The van der Waals surface area contributed by atoms with Crippen LogP contribution in [0.25, 0.3) is 0 Å². The molecule has 1 saturated carbocycles. The molecule has 27 heavy (non-hydrogen) atoms. The van der Waals surface area contributed by atoms with Crippen molar-refractivity contribution in [3.05, 3.63) is 68.6 Å². The Morgan fingerprint density at radius 3 is 2.44 bits per heavy atom. The highest BCUT2D eigenvalue weighted by Gasteiger charge is 2.46. The molecule has 1 aliphatic carbocycles. The van der Waals surface area contributed by atoms with Gasteiger partial charge in [0.25, 0.3) is 0 Å². The molecule has 0 aromatic heterocycles. The van der Waals surface area contributed by atoms with Crippen LogP contribution in [0.5, 0.6) is 0 Å². The molecule has 142 valence electrons. The number of hydrogen-bond acceptors (Lipinski definition) is 2. The molecule has 1 unspecified atom stereocenters. The number of halogens is 2. The highest BCUT2D eigenvalue weighted by Crippen LogP contribution is 2.50. The zero-order chi connectivity index (χ0) is 19.3. The Labute approximate surface area is 179 Å². The number of hydrogen-bond donors (Lipinski definition) is 0. The second-order valence-electron chi connectivity index (χ2n) is 7.63. The van der Waals surface area contributed by atoms with Crippen molar-refractivity contribution in [2.75, 3.05) is 20.1 Å². The molecule has 2 nitrogen and oxygen atoms in total. The zero-order valence-electron chi connectivity index (χ0n) is 15.8. The zero-order valence-corrected chi connectivity index (χ0v) is 19.0. The third-order valence-corrected chi connectivity index (χ3v) is 7.52. The van der Waals surface area contributed by atoms with Crippen LogP contribution in [0.4, 0.5) is 0 Å². The first-order valence-electron chi connectivity index (χ1n) is 9.64. The van der Waals surface area contributed by atoms with E-state index in [2.05, 4.69) is 98.4 Å². The van der Waals surface area contributed by atoms with E-state index in [-0.39, 0.29) is 5.41 Å². The largest absolute Gasteiger partial charge is 0.306 e. The summed E-state index contributed by atoms with van der Waals surface area (Å²) in [5.41, 5.74) is 2.20. The molecule has 2 aromatic carbocycles. The number of likely N-dealkylation sites (N-methyl/N-ethyl adjacent to an activating group) is 1. The van der Waals surface area contributed by atoms with Gasteiger partial charge < -0.3 is 4.90 Å². The summed E-state index contributed by atoms with van der Waals surface area (Å²) in [6.07, 6.45) is 5.39. The average Bonchev–Trinajstić information content (AvgIpc) is 3.52. The minimum absolute atomic E-state index is 0.344. The molecule has 0 bridgehead atoms. The highest BCUT2D eigenvalue weighted by atomic mass is 79.9. The van der Waals surface area contributed by atoms with E-state index in [4.69, 9.17) is 0 Å². The third-order valence-electron chi connectivity index (χ3n) is 5.64. The molecule has 0 heterocycles. The molecule has 3 rings (SSSR count). The minimum atomic E-state index is -0.344. The molecule has 1 atom stereocenters. The van der Waals surface area contributed by atoms with E-state index in [1.54, 1.807) is 0 Å². The monoisotopic (exact) mass is 488 g/mol. The van der Waals surface area contributed by atoms with Crippen LogP contribution in [0.15, 0.2) is 57.5 Å². The lowest BCUT2D eigenvalue weighted by Crippen LogP contribution is -2.30. The number of benzene rings is 2. The fraction of sp³-hybridized carbons (Fsp3) is 0.435. The molecule has 0 amide bonds. The van der Waals surface area contributed by atoms with Gasteiger partial charge in [0.15, 0.2) is 0 Å². The Morgan fingerprint density at radius 1 is 1.07 bits per heavy atom. The summed E-state index contributed by atoms with van der Waals surface area (Å²) in [6.45, 7) is 2.08. The second-order valence-corrected chi connectivity index (χ2v) is 9.34. The van der Waals surface area contributed by atoms with E-state index < -0.39 is 0 Å². The summed E-state index contributed by atoms with van der Waals surface area (Å²) in [5.74, 6) is 0.505. The summed E-state index contributed by atoms with van der Waals surface area (Å²) in [7, 11) is 2.18. The summed E-state index contributed by atoms with van der Waals surface area (Å²) in [4.78, 5) is 2.39. The van der Waals surface area contributed by atoms with Gasteiger partial charge in [-0.3, -0.25) is 0 Å². The van der Waals surface area contributed by atoms with Gasteiger partial charge in [-0.1, -0.05) is 36.4 Å². The number of rotatable bonds is 9. The highest BCUT2D eigenvalue weighted by molar-refractivity contribution is 9.13. The molecular weight excluding hydrogens is 464 g/mol. The van der Waals surface area contributed by atoms with Crippen molar-refractivity contribution in [2.45, 2.75) is 37.5 Å². The van der Waals surface area contributed by atoms with Crippen molar-refractivity contribution in [1.29, 1.82) is 5.26 Å². The van der Waals surface area contributed by atoms with Crippen LogP contribution in [0, 0.1) is 17.2 Å². The van der Waals surface area contributed by atoms with E-state index in [9.17, 15) is 5.26 Å². The van der Waals surface area contributed by atoms with Crippen LogP contribution in [0.1, 0.15) is 36.8 Å². The molecule has 1 fully saturated rings. The van der Waals surface area contributed by atoms with E-state index in [0.717, 1.165) is 46.9 Å². The quantitative estimate of drug-likeness (QED) is 0.411. The lowest BCUT2D eigenvalue weighted by atomic mass is 9.74. The normalized spacial score (nSPS) is 16.1. The molecule has 4 heteroatoms. The lowest BCUT2D eigenvalue weighted by Gasteiger charge is -2.29. The van der Waals surface area contributed by atoms with Crippen molar-refractivity contribution in [1.82, 2.24) is 4.90 Å². The Balaban J connectivity index is 1.59. The van der Waals surface area contributed by atoms with Crippen LogP contribution >= 0.6 is 31.9 Å². The molecule has 2 aromatic rings. The SMILES string of the molecule is CN(CCCC(C#N)(c1ccc(Br)c(Br)c1)C1CC1)CCc1ccccc1. The van der Waals surface area contributed by atoms with Crippen molar-refractivity contribution >= 4 is 31.9 Å². The van der Waals surface area contributed by atoms with Crippen molar-refractivity contribution < 1.29 is 0 Å². The Morgan fingerprint density at radius 2 is 1.81 bits per heavy atom. The molecule has 0 spiro atoms. The van der Waals surface area contributed by atoms with Crippen LogP contribution in [-0.4, -0.2) is 25.0 Å². The van der Waals surface area contributed by atoms with Gasteiger partial charge in [0, 0.05) is 15.5 Å². The van der Waals surface area contributed by atoms with Crippen molar-refractivity contribution in [3.63, 3.8) is 0 Å². The second kappa shape index (κ2) is 9.37. The van der Waals surface area contributed by atoms with Gasteiger partial charge in [-0.25, -0.2) is 0 Å². The lowest BCUT2D eigenvalue weighted by molar-refractivity contribution is 0.308. The van der Waals surface area contributed by atoms with Gasteiger partial charge >= 0.3 is 0 Å². The minimum Gasteiger partial charge on any atom is -0.306 e. The third kappa shape index (κ3) is 5.22. The Kier molecular flexibility index (Phi) is 7.14. The van der Waals surface area contributed by atoms with Gasteiger partial charge in [-0.15, -0.1) is 0 Å². The van der Waals surface area contributed by atoms with Crippen LogP contribution in [0.2, 0.25) is 0 Å². The number of nitrogens with zero attached hydrogens (tertiary/aromatic N) is 2. The van der Waals surface area contributed by atoms with Gasteiger partial charge in [0.05, 0.1) is 11.5 Å². The molecule has 0 N–H and O–H groups in total. The standard InChI is InChI=1S/C23H26Br2N2/c1-27(15-12-18-6-3-2-4-7-18)14-5-13-23(17-26,19-8-9-19)20-10-11-21(24)22(25)16-20/h2-4,6-7,10-11,16,19H,5,8-9,12-15H2,1H3. The average molecular weight is 490 g/mol. The van der Waals surface area contributed by atoms with E-state index in [1.165, 1.54) is 18.4 Å². The van der Waals surface area contributed by atoms with Crippen LogP contribution in [0.3, 0.4) is 0 Å². The summed E-state index contributed by atoms with van der Waals surface area (Å²) < 4.78 is 2.06. The van der Waals surface area contributed by atoms with Gasteiger partial charge in [0.1, 0.15) is 0 Å². The fourth-order valence-corrected chi connectivity index (χ4v) is 4.48. The first-order chi connectivity index (χ1) is 13.0. The maximum absolute atomic E-state index is 10.1. The maximum atomic E-state index is 10.1. The van der Waals surface area contributed by atoms with Gasteiger partial charge in [-0.2, -0.15) is 5.26 Å². The predicted octanol–water partition coefficient (Wildman–Crippen LogP) is 6.34. The van der Waals surface area contributed by atoms with Crippen LogP contribution < -0.4 is 0 Å². The Hall–Kier alpha value is -1.15. The maximum Gasteiger partial charge on any atom is 0.0851 e. The molecular formula is C23H26Br2N2. The summed E-state index contributed by atoms with van der Waals surface area (Å²) in [6, 6.07) is 19.7.